The molecule has 6 amide bonds. The van der Waals surface area contributed by atoms with Crippen LogP contribution in [-0.4, -0.2) is 128 Å². The van der Waals surface area contributed by atoms with E-state index in [4.69, 9.17) is 30.2 Å². The number of nitrogens with zero attached hydrogens (tertiary/aromatic N) is 2. The van der Waals surface area contributed by atoms with Crippen molar-refractivity contribution in [3.05, 3.63) is 106 Å². The largest absolute Gasteiger partial charge is 0.369 e. The zero-order valence-corrected chi connectivity index (χ0v) is 51.7. The fourth-order valence-electron chi connectivity index (χ4n) is 12.7. The summed E-state index contributed by atoms with van der Waals surface area (Å²) in [6, 6.07) is 20.8. The van der Waals surface area contributed by atoms with Crippen molar-refractivity contribution in [2.24, 2.45) is 28.4 Å². The Morgan fingerprint density at radius 1 is 0.617 bits per heavy atom. The van der Waals surface area contributed by atoms with Crippen LogP contribution in [0.2, 0.25) is 0 Å². The number of aryl methyl sites for hydroxylation is 3. The van der Waals surface area contributed by atoms with Crippen molar-refractivity contribution in [1.82, 2.24) is 47.0 Å². The van der Waals surface area contributed by atoms with Crippen molar-refractivity contribution in [3.8, 4) is 0 Å². The van der Waals surface area contributed by atoms with Crippen molar-refractivity contribution < 1.29 is 28.8 Å². The highest BCUT2D eigenvalue weighted by atomic mass is 32.2. The smallest absolute Gasteiger partial charge is 0.246 e. The summed E-state index contributed by atoms with van der Waals surface area (Å²) in [7, 11) is 3.66. The molecule has 3 aromatic carbocycles. The lowest BCUT2D eigenvalue weighted by molar-refractivity contribution is -0.143. The van der Waals surface area contributed by atoms with Crippen LogP contribution in [0.3, 0.4) is 0 Å². The predicted octanol–water partition coefficient (Wildman–Crippen LogP) is 6.14. The standard InChI is InChI=1S/C35H47N5O3S2.C26H37N5O3S2/c1-6-22-11-13-23(14-12-22)20-37-31(41)26-16-15-24-9-7-8-10-25(24)29(26)39-32(42)30-35(3,4)19-28-40(30)34(43)27(17-18-45-28)38-33(44)21(2)36-5;1-14(28-4)24(35)29-18-11-12-36-19-13-26(2,3)21(31(19)25(18)34)23(33)30-20-16-8-6-5-7-15(16)9-10-17(20)22(27)32/h7-14,21,26-30,36H,6,15-20H2,1-5H3,(H,37,41)(H,38,44)(H,39,42);5-8,14,17-21,28H,9-13H2,1-4H3,(H2,27,32)(H,29,35)(H,30,33)/t21-,26+,27-,28?,29-,30+;14-,17+,18-,19?,20+,21+/m00/s1. The molecule has 438 valence electrons. The zero-order chi connectivity index (χ0) is 58.5. The lowest BCUT2D eigenvalue weighted by atomic mass is 9.78. The Morgan fingerprint density at radius 3 is 1.47 bits per heavy atom. The van der Waals surface area contributed by atoms with E-state index in [0.717, 1.165) is 58.6 Å². The number of amides is 6. The quantitative estimate of drug-likeness (QED) is 0.0802. The van der Waals surface area contributed by atoms with Crippen molar-refractivity contribution >= 4 is 93.4 Å². The zero-order valence-electron chi connectivity index (χ0n) is 48.4. The predicted molar refractivity (Wildman–Crippen MR) is 331 cm³/mol. The van der Waals surface area contributed by atoms with E-state index >= 15 is 0 Å². The van der Waals surface area contributed by atoms with E-state index in [9.17, 15) is 28.8 Å². The number of primary amides is 1. The molecule has 12 atom stereocenters. The monoisotopic (exact) mass is 1180 g/mol. The van der Waals surface area contributed by atoms with E-state index < -0.39 is 64.8 Å². The van der Waals surface area contributed by atoms with Gasteiger partial charge in [0.1, 0.15) is 24.2 Å². The van der Waals surface area contributed by atoms with Gasteiger partial charge in [-0.1, -0.05) is 132 Å². The highest BCUT2D eigenvalue weighted by molar-refractivity contribution is 8.00. The van der Waals surface area contributed by atoms with E-state index in [1.807, 2.05) is 84.3 Å². The average molecular weight is 1180 g/mol. The van der Waals surface area contributed by atoms with Gasteiger partial charge in [-0.3, -0.25) is 28.8 Å². The number of rotatable bonds is 15. The average Bonchev–Trinajstić information content (AvgIpc) is 3.43. The van der Waals surface area contributed by atoms with Gasteiger partial charge in [-0.05, 0) is 141 Å². The number of thioether (sulfide) groups is 2. The number of likely N-dealkylation sites (N-methyl/N-ethyl adjacent to an activating group) is 2. The molecular weight excluding hydrogens is 1100 g/mol. The van der Waals surface area contributed by atoms with Crippen LogP contribution in [0.25, 0.3) is 0 Å². The second-order valence-electron chi connectivity index (χ2n) is 24.0. The van der Waals surface area contributed by atoms with Gasteiger partial charge in [-0.15, -0.1) is 23.5 Å². The third-order valence-corrected chi connectivity index (χ3v) is 21.1. The Bertz CT molecular complexity index is 2830. The third kappa shape index (κ3) is 13.8. The lowest BCUT2D eigenvalue weighted by Crippen LogP contribution is -2.58. The van der Waals surface area contributed by atoms with E-state index in [1.165, 1.54) is 5.56 Å². The van der Waals surface area contributed by atoms with Crippen LogP contribution in [0.1, 0.15) is 132 Å². The Balaban J connectivity index is 0.000000218. The van der Waals surface area contributed by atoms with Gasteiger partial charge >= 0.3 is 0 Å². The first-order chi connectivity index (χ1) is 38.6. The van der Waals surface area contributed by atoms with Crippen LogP contribution in [0.4, 0.5) is 0 Å². The highest BCUT2D eigenvalue weighted by Gasteiger charge is 2.57. The minimum atomic E-state index is -0.671. The number of hydrogen-bond donors (Lipinski definition) is 8. The summed E-state index contributed by atoms with van der Waals surface area (Å²) in [5.41, 5.74) is 11.3. The number of nitrogens with two attached hydrogens (primary N) is 1. The molecule has 6 aliphatic rings. The van der Waals surface area contributed by atoms with Crippen LogP contribution in [0, 0.1) is 22.7 Å². The lowest BCUT2D eigenvalue weighted by Gasteiger charge is -2.38. The molecule has 0 radical (unpaired) electrons. The first-order valence-corrected chi connectivity index (χ1v) is 31.7. The van der Waals surface area contributed by atoms with Gasteiger partial charge in [-0.2, -0.15) is 0 Å². The van der Waals surface area contributed by atoms with Gasteiger partial charge in [-0.25, -0.2) is 0 Å². The number of benzene rings is 3. The second kappa shape index (κ2) is 26.6. The number of fused-ring (bicyclic) bond motifs is 4. The third-order valence-electron chi connectivity index (χ3n) is 17.6. The summed E-state index contributed by atoms with van der Waals surface area (Å²) >= 11 is 14.5. The molecule has 4 aliphatic heterocycles. The minimum Gasteiger partial charge on any atom is -0.369 e. The molecule has 2 unspecified atom stereocenters. The van der Waals surface area contributed by atoms with E-state index in [2.05, 4.69) is 88.3 Å². The summed E-state index contributed by atoms with van der Waals surface area (Å²) in [4.78, 5) is 87.2. The van der Waals surface area contributed by atoms with Crippen molar-refractivity contribution in [3.63, 3.8) is 0 Å². The van der Waals surface area contributed by atoms with E-state index in [0.29, 0.717) is 55.0 Å². The highest BCUT2D eigenvalue weighted by Crippen LogP contribution is 2.49. The van der Waals surface area contributed by atoms with Gasteiger partial charge in [0.2, 0.25) is 35.4 Å². The molecular formula is C61H84N10O6S4. The summed E-state index contributed by atoms with van der Waals surface area (Å²) < 4.78 is 0. The Hall–Kier alpha value is -5.12. The molecule has 9 N–H and O–H groups in total. The molecule has 4 heterocycles. The van der Waals surface area contributed by atoms with Crippen LogP contribution in [0.5, 0.6) is 0 Å². The fraction of sp³-hybridized carbons (Fsp3) is 0.574. The van der Waals surface area contributed by atoms with Crippen LogP contribution in [-0.2, 0) is 54.6 Å². The SMILES string of the molecule is CCc1ccc(CNC(=O)[C@@H]2CCc3ccccc3[C@@H]2NC(=O)[C@H]2N3C(=O)[C@@H](NC(=S)[C@H](C)NC)CCSC3CC2(C)C)cc1.CN[C@@H](C)C(=S)N[C@H]1CCSC2CC(C)(C)[C@@H](C(=O)N[C@@H]3c4ccccc4CC[C@H]3C(N)=O)N2C1=O. The molecule has 16 nitrogen and oxygen atoms in total. The molecule has 3 aromatic rings. The van der Waals surface area contributed by atoms with Gasteiger partial charge in [0, 0.05) is 6.54 Å². The van der Waals surface area contributed by atoms with Crippen LogP contribution in [0.15, 0.2) is 72.8 Å². The van der Waals surface area contributed by atoms with Crippen molar-refractivity contribution in [2.45, 2.75) is 172 Å². The molecule has 4 saturated heterocycles. The molecule has 0 spiro atoms. The Kier molecular flexibility index (Phi) is 20.4. The van der Waals surface area contributed by atoms with Crippen molar-refractivity contribution in [2.75, 3.05) is 25.6 Å². The number of carbonyl (C=O) groups excluding carboxylic acids is 6. The maximum atomic E-state index is 14.4. The number of thiocarbonyl (C=S) groups is 2. The Labute approximate surface area is 498 Å². The minimum absolute atomic E-state index is 0.0641. The molecule has 2 aliphatic carbocycles. The molecule has 0 saturated carbocycles. The van der Waals surface area contributed by atoms with Crippen molar-refractivity contribution in [1.29, 1.82) is 0 Å². The molecule has 9 rings (SSSR count). The normalized spacial score (nSPS) is 27.9. The van der Waals surface area contributed by atoms with Crippen LogP contribution >= 0.6 is 48.0 Å². The van der Waals surface area contributed by atoms with Crippen LogP contribution < -0.4 is 43.0 Å². The first-order valence-electron chi connectivity index (χ1n) is 28.8. The van der Waals surface area contributed by atoms with Gasteiger partial charge in [0.25, 0.3) is 0 Å². The number of carbonyl (C=O) groups is 6. The van der Waals surface area contributed by atoms with E-state index in [1.54, 1.807) is 33.3 Å². The van der Waals surface area contributed by atoms with Gasteiger partial charge in [0.05, 0.1) is 56.7 Å². The molecule has 4 fully saturated rings. The van der Waals surface area contributed by atoms with E-state index in [-0.39, 0.29) is 52.4 Å². The first kappa shape index (κ1) is 61.9. The molecule has 0 aromatic heterocycles. The maximum absolute atomic E-state index is 14.4. The van der Waals surface area contributed by atoms with Gasteiger partial charge in [0.15, 0.2) is 0 Å². The maximum Gasteiger partial charge on any atom is 0.246 e. The number of hydrogen-bond acceptors (Lipinski definition) is 12. The summed E-state index contributed by atoms with van der Waals surface area (Å²) in [6.45, 7) is 14.7. The summed E-state index contributed by atoms with van der Waals surface area (Å²) in [5.74, 6) is -0.459. The topological polar surface area (TPSA) is 219 Å². The fourth-order valence-corrected chi connectivity index (χ4v) is 16.4. The summed E-state index contributed by atoms with van der Waals surface area (Å²) in [6.07, 6.45) is 6.40. The molecule has 0 bridgehead atoms. The Morgan fingerprint density at radius 2 is 1.04 bits per heavy atom. The number of nitrogens with one attached hydrogen (secondary N) is 7. The second-order valence-corrected chi connectivity index (χ2v) is 27.5. The molecule has 20 heteroatoms. The summed E-state index contributed by atoms with van der Waals surface area (Å²) in [5, 5.41) is 22.2. The molecule has 81 heavy (non-hydrogen) atoms. The van der Waals surface area contributed by atoms with Gasteiger partial charge < -0.3 is 52.8 Å².